The molecule has 4 heteroatoms. The topological polar surface area (TPSA) is 54.0 Å². The van der Waals surface area contributed by atoms with Gasteiger partial charge < -0.3 is 0 Å². The number of aryl methyl sites for hydroxylation is 1. The lowest BCUT2D eigenvalue weighted by Gasteiger charge is -2.02. The zero-order valence-electron chi connectivity index (χ0n) is 10.5. The Balaban J connectivity index is 2.16. The Bertz CT molecular complexity index is 763. The highest BCUT2D eigenvalue weighted by atomic mass is 15.2. The zero-order valence-corrected chi connectivity index (χ0v) is 10.5. The lowest BCUT2D eigenvalue weighted by atomic mass is 10.1. The molecule has 0 spiro atoms. The first-order chi connectivity index (χ1) is 9.31. The van der Waals surface area contributed by atoms with Crippen LogP contribution in [0.5, 0.6) is 0 Å². The second-order valence-corrected chi connectivity index (χ2v) is 4.33. The van der Waals surface area contributed by atoms with Gasteiger partial charge in [-0.25, -0.2) is 0 Å². The van der Waals surface area contributed by atoms with E-state index < -0.39 is 0 Å². The fraction of sp³-hybridized carbons (Fsp3) is 0.133. The monoisotopic (exact) mass is 248 g/mol. The number of pyridine rings is 1. The van der Waals surface area contributed by atoms with Crippen LogP contribution in [0.3, 0.4) is 0 Å². The number of hydrogen-bond acceptors (Lipinski definition) is 3. The molecule has 2 aromatic heterocycles. The van der Waals surface area contributed by atoms with Crippen LogP contribution in [0.4, 0.5) is 0 Å². The summed E-state index contributed by atoms with van der Waals surface area (Å²) in [6, 6.07) is 13.9. The van der Waals surface area contributed by atoms with E-state index in [4.69, 9.17) is 5.26 Å². The number of rotatable bonds is 2. The summed E-state index contributed by atoms with van der Waals surface area (Å²) < 4.78 is 1.85. The molecule has 0 unspecified atom stereocenters. The molecular formula is C15H12N4. The van der Waals surface area contributed by atoms with Gasteiger partial charge in [0.2, 0.25) is 0 Å². The molecule has 3 aromatic rings. The lowest BCUT2D eigenvalue weighted by molar-refractivity contribution is 1.10. The van der Waals surface area contributed by atoms with Crippen molar-refractivity contribution in [3.8, 4) is 17.5 Å². The van der Waals surface area contributed by atoms with Gasteiger partial charge in [0.05, 0.1) is 5.56 Å². The highest BCUT2D eigenvalue weighted by molar-refractivity contribution is 5.60. The van der Waals surface area contributed by atoms with Crippen molar-refractivity contribution in [2.24, 2.45) is 0 Å². The van der Waals surface area contributed by atoms with Crippen molar-refractivity contribution in [3.63, 3.8) is 0 Å². The third kappa shape index (κ3) is 1.95. The summed E-state index contributed by atoms with van der Waals surface area (Å²) in [5.74, 6) is 0.759. The fourth-order valence-electron chi connectivity index (χ4n) is 2.04. The lowest BCUT2D eigenvalue weighted by Crippen LogP contribution is -1.91. The number of aromatic nitrogens is 3. The van der Waals surface area contributed by atoms with Crippen molar-refractivity contribution in [2.45, 2.75) is 13.3 Å². The van der Waals surface area contributed by atoms with Crippen LogP contribution in [-0.4, -0.2) is 14.6 Å². The van der Waals surface area contributed by atoms with Crippen molar-refractivity contribution >= 4 is 5.65 Å². The van der Waals surface area contributed by atoms with E-state index in [1.54, 1.807) is 18.3 Å². The van der Waals surface area contributed by atoms with Crippen molar-refractivity contribution in [3.05, 3.63) is 53.7 Å². The molecule has 0 radical (unpaired) electrons. The van der Waals surface area contributed by atoms with Crippen molar-refractivity contribution in [2.75, 3.05) is 0 Å². The summed E-state index contributed by atoms with van der Waals surface area (Å²) in [6.07, 6.45) is 2.78. The quantitative estimate of drug-likeness (QED) is 0.700. The van der Waals surface area contributed by atoms with Gasteiger partial charge in [0.1, 0.15) is 6.07 Å². The van der Waals surface area contributed by atoms with Gasteiger partial charge in [-0.05, 0) is 24.1 Å². The van der Waals surface area contributed by atoms with Gasteiger partial charge in [-0.2, -0.15) is 5.26 Å². The SMILES string of the molecule is CCc1ccc(-c2nnc3ccc(C#N)cn23)cc1. The van der Waals surface area contributed by atoms with Gasteiger partial charge in [0.25, 0.3) is 0 Å². The molecule has 0 atom stereocenters. The second kappa shape index (κ2) is 4.54. The predicted molar refractivity (Wildman–Crippen MR) is 72.5 cm³/mol. The summed E-state index contributed by atoms with van der Waals surface area (Å²) >= 11 is 0. The standard InChI is InChI=1S/C15H12N4/c1-2-11-3-6-13(7-4-11)15-18-17-14-8-5-12(9-16)10-19(14)15/h3-8,10H,2H2,1H3. The van der Waals surface area contributed by atoms with Crippen LogP contribution >= 0.6 is 0 Å². The molecule has 0 N–H and O–H groups in total. The van der Waals surface area contributed by atoms with E-state index in [2.05, 4.69) is 35.3 Å². The highest BCUT2D eigenvalue weighted by Gasteiger charge is 2.08. The van der Waals surface area contributed by atoms with Crippen LogP contribution in [0.25, 0.3) is 17.0 Å². The molecule has 0 aliphatic heterocycles. The predicted octanol–water partition coefficient (Wildman–Crippen LogP) is 2.83. The largest absolute Gasteiger partial charge is 0.281 e. The molecule has 0 amide bonds. The molecule has 0 aliphatic carbocycles. The molecule has 0 bridgehead atoms. The normalized spacial score (nSPS) is 10.5. The molecule has 0 aliphatic rings. The number of benzene rings is 1. The van der Waals surface area contributed by atoms with Crippen LogP contribution in [0.15, 0.2) is 42.6 Å². The molecule has 2 heterocycles. The molecule has 92 valence electrons. The van der Waals surface area contributed by atoms with Gasteiger partial charge in [0, 0.05) is 11.8 Å². The summed E-state index contributed by atoms with van der Waals surface area (Å²) in [6.45, 7) is 2.13. The first kappa shape index (κ1) is 11.4. The fourth-order valence-corrected chi connectivity index (χ4v) is 2.04. The van der Waals surface area contributed by atoms with E-state index in [0.29, 0.717) is 5.56 Å². The molecule has 1 aromatic carbocycles. The van der Waals surface area contributed by atoms with Crippen LogP contribution < -0.4 is 0 Å². The second-order valence-electron chi connectivity index (χ2n) is 4.33. The first-order valence-corrected chi connectivity index (χ1v) is 6.16. The van der Waals surface area contributed by atoms with Crippen molar-refractivity contribution < 1.29 is 0 Å². The Morgan fingerprint density at radius 3 is 2.58 bits per heavy atom. The Kier molecular flexibility index (Phi) is 2.73. The number of nitriles is 1. The zero-order chi connectivity index (χ0) is 13.2. The Hall–Kier alpha value is -2.67. The summed E-state index contributed by atoms with van der Waals surface area (Å²) in [5, 5.41) is 17.3. The molecule has 0 saturated heterocycles. The number of hydrogen-bond donors (Lipinski definition) is 0. The van der Waals surface area contributed by atoms with Crippen LogP contribution in [-0.2, 0) is 6.42 Å². The van der Waals surface area contributed by atoms with E-state index in [0.717, 1.165) is 23.5 Å². The molecule has 19 heavy (non-hydrogen) atoms. The minimum Gasteiger partial charge on any atom is -0.281 e. The Labute approximate surface area is 111 Å². The molecule has 0 fully saturated rings. The van der Waals surface area contributed by atoms with Crippen molar-refractivity contribution in [1.29, 1.82) is 5.26 Å². The summed E-state index contributed by atoms with van der Waals surface area (Å²) in [4.78, 5) is 0. The van der Waals surface area contributed by atoms with E-state index in [-0.39, 0.29) is 0 Å². The van der Waals surface area contributed by atoms with Gasteiger partial charge in [-0.15, -0.1) is 10.2 Å². The van der Waals surface area contributed by atoms with Crippen LogP contribution in [0, 0.1) is 11.3 Å². The number of fused-ring (bicyclic) bond motifs is 1. The maximum absolute atomic E-state index is 8.96. The summed E-state index contributed by atoms with van der Waals surface area (Å²) in [7, 11) is 0. The molecule has 4 nitrogen and oxygen atoms in total. The number of nitrogens with zero attached hydrogens (tertiary/aromatic N) is 4. The molecular weight excluding hydrogens is 236 g/mol. The van der Waals surface area contributed by atoms with Crippen LogP contribution in [0.1, 0.15) is 18.1 Å². The van der Waals surface area contributed by atoms with Crippen molar-refractivity contribution in [1.82, 2.24) is 14.6 Å². The maximum atomic E-state index is 8.96. The Morgan fingerprint density at radius 2 is 1.89 bits per heavy atom. The van der Waals surface area contributed by atoms with Gasteiger partial charge >= 0.3 is 0 Å². The molecule has 0 saturated carbocycles. The smallest absolute Gasteiger partial charge is 0.168 e. The molecule has 3 rings (SSSR count). The van der Waals surface area contributed by atoms with E-state index in [1.807, 2.05) is 16.5 Å². The van der Waals surface area contributed by atoms with Crippen LogP contribution in [0.2, 0.25) is 0 Å². The summed E-state index contributed by atoms with van der Waals surface area (Å²) in [5.41, 5.74) is 3.63. The minimum atomic E-state index is 0.596. The average Bonchev–Trinajstić information content (AvgIpc) is 2.90. The minimum absolute atomic E-state index is 0.596. The van der Waals surface area contributed by atoms with E-state index >= 15 is 0 Å². The van der Waals surface area contributed by atoms with E-state index in [9.17, 15) is 0 Å². The maximum Gasteiger partial charge on any atom is 0.168 e. The average molecular weight is 248 g/mol. The van der Waals surface area contributed by atoms with Gasteiger partial charge in [0.15, 0.2) is 11.5 Å². The Morgan fingerprint density at radius 1 is 1.11 bits per heavy atom. The van der Waals surface area contributed by atoms with Gasteiger partial charge in [-0.3, -0.25) is 4.40 Å². The highest BCUT2D eigenvalue weighted by Crippen LogP contribution is 2.19. The first-order valence-electron chi connectivity index (χ1n) is 6.16. The third-order valence-corrected chi connectivity index (χ3v) is 3.15. The van der Waals surface area contributed by atoms with Gasteiger partial charge in [-0.1, -0.05) is 31.2 Å². The third-order valence-electron chi connectivity index (χ3n) is 3.15. The van der Waals surface area contributed by atoms with E-state index in [1.165, 1.54) is 5.56 Å².